The molecule has 1 unspecified atom stereocenters. The van der Waals surface area contributed by atoms with E-state index in [0.717, 1.165) is 0 Å². The number of nitrogens with zero attached hydrogens (tertiary/aromatic N) is 3. The van der Waals surface area contributed by atoms with Gasteiger partial charge in [-0.25, -0.2) is 0 Å². The first-order valence-corrected chi connectivity index (χ1v) is 6.81. The molecule has 0 bridgehead atoms. The van der Waals surface area contributed by atoms with E-state index in [-0.39, 0.29) is 18.9 Å². The molecular weight excluding hydrogens is 282 g/mol. The lowest BCUT2D eigenvalue weighted by Crippen LogP contribution is -2.27. The van der Waals surface area contributed by atoms with E-state index in [1.165, 1.54) is 12.0 Å². The molecule has 1 saturated heterocycles. The second-order valence-corrected chi connectivity index (χ2v) is 5.07. The zero-order valence-electron chi connectivity index (χ0n) is 11.9. The average Bonchev–Trinajstić information content (AvgIpc) is 2.94. The Labute approximate surface area is 126 Å². The van der Waals surface area contributed by atoms with Crippen LogP contribution < -0.4 is 4.90 Å². The first kappa shape index (κ1) is 14.0. The van der Waals surface area contributed by atoms with Gasteiger partial charge >= 0.3 is 5.97 Å². The fraction of sp³-hybridized carbons (Fsp3) is 0.250. The highest BCUT2D eigenvalue weighted by molar-refractivity contribution is 6.03. The molecule has 1 aromatic heterocycles. The molecule has 1 aromatic carbocycles. The summed E-state index contributed by atoms with van der Waals surface area (Å²) in [6, 6.07) is 9.15. The van der Waals surface area contributed by atoms with Crippen LogP contribution in [-0.4, -0.2) is 30.5 Å². The Balaban J connectivity index is 2.06. The van der Waals surface area contributed by atoms with E-state index in [4.69, 9.17) is 4.74 Å². The number of nitriles is 1. The van der Waals surface area contributed by atoms with Gasteiger partial charge in [-0.05, 0) is 24.3 Å². The van der Waals surface area contributed by atoms with Crippen molar-refractivity contribution in [3.63, 3.8) is 0 Å². The van der Waals surface area contributed by atoms with Crippen LogP contribution in [0.25, 0.3) is 10.9 Å². The summed E-state index contributed by atoms with van der Waals surface area (Å²) in [5.74, 6) is -1.08. The summed E-state index contributed by atoms with van der Waals surface area (Å²) in [5, 5.41) is 10.2. The number of pyridine rings is 1. The van der Waals surface area contributed by atoms with Gasteiger partial charge in [0.15, 0.2) is 0 Å². The lowest BCUT2D eigenvalue weighted by Gasteiger charge is -2.18. The first-order chi connectivity index (χ1) is 10.7. The number of ether oxygens (including phenoxy) is 1. The van der Waals surface area contributed by atoms with Gasteiger partial charge in [-0.3, -0.25) is 14.6 Å². The molecule has 110 valence electrons. The fourth-order valence-electron chi connectivity index (χ4n) is 2.75. The van der Waals surface area contributed by atoms with Gasteiger partial charge in [0.05, 0.1) is 29.8 Å². The third-order valence-electron chi connectivity index (χ3n) is 3.83. The molecule has 3 rings (SSSR count). The lowest BCUT2D eigenvalue weighted by molar-refractivity contribution is -0.145. The van der Waals surface area contributed by atoms with Crippen LogP contribution in [0.2, 0.25) is 0 Å². The van der Waals surface area contributed by atoms with Gasteiger partial charge in [-0.1, -0.05) is 0 Å². The van der Waals surface area contributed by atoms with Crippen LogP contribution in [0.5, 0.6) is 0 Å². The number of rotatable bonds is 2. The van der Waals surface area contributed by atoms with Crippen molar-refractivity contribution >= 4 is 28.5 Å². The SMILES string of the molecule is COC(=O)C1CC(=O)N(c2ccc3ncccc3c2C#N)C1. The smallest absolute Gasteiger partial charge is 0.311 e. The molecule has 1 aliphatic rings. The zero-order valence-corrected chi connectivity index (χ0v) is 11.9. The van der Waals surface area contributed by atoms with Crippen LogP contribution in [0.15, 0.2) is 30.5 Å². The van der Waals surface area contributed by atoms with Crippen LogP contribution in [-0.2, 0) is 14.3 Å². The van der Waals surface area contributed by atoms with Crippen molar-refractivity contribution in [2.24, 2.45) is 5.92 Å². The van der Waals surface area contributed by atoms with Crippen LogP contribution in [0, 0.1) is 17.2 Å². The number of fused-ring (bicyclic) bond motifs is 1. The number of aromatic nitrogens is 1. The molecule has 1 fully saturated rings. The number of carbonyl (C=O) groups excluding carboxylic acids is 2. The van der Waals surface area contributed by atoms with E-state index in [0.29, 0.717) is 22.2 Å². The minimum atomic E-state index is -0.492. The Hall–Kier alpha value is -2.94. The summed E-state index contributed by atoms with van der Waals surface area (Å²) in [7, 11) is 1.30. The number of hydrogen-bond donors (Lipinski definition) is 0. The molecule has 1 amide bonds. The summed E-state index contributed by atoms with van der Waals surface area (Å²) >= 11 is 0. The number of methoxy groups -OCH3 is 1. The average molecular weight is 295 g/mol. The second kappa shape index (κ2) is 5.45. The Bertz CT molecular complexity index is 810. The topological polar surface area (TPSA) is 83.3 Å². The largest absolute Gasteiger partial charge is 0.469 e. The van der Waals surface area contributed by atoms with Crippen molar-refractivity contribution in [3.8, 4) is 6.07 Å². The highest BCUT2D eigenvalue weighted by atomic mass is 16.5. The van der Waals surface area contributed by atoms with Crippen molar-refractivity contribution in [3.05, 3.63) is 36.0 Å². The normalized spacial score (nSPS) is 17.5. The third-order valence-corrected chi connectivity index (χ3v) is 3.83. The Morgan fingerprint density at radius 2 is 2.27 bits per heavy atom. The Morgan fingerprint density at radius 1 is 1.45 bits per heavy atom. The minimum absolute atomic E-state index is 0.0998. The monoisotopic (exact) mass is 295 g/mol. The van der Waals surface area contributed by atoms with E-state index < -0.39 is 11.9 Å². The molecule has 0 aliphatic carbocycles. The molecular formula is C16H13N3O3. The van der Waals surface area contributed by atoms with E-state index in [2.05, 4.69) is 11.1 Å². The summed E-state index contributed by atoms with van der Waals surface area (Å²) in [4.78, 5) is 29.5. The van der Waals surface area contributed by atoms with Crippen molar-refractivity contribution in [2.45, 2.75) is 6.42 Å². The van der Waals surface area contributed by atoms with Gasteiger partial charge in [0.2, 0.25) is 5.91 Å². The molecule has 1 aliphatic heterocycles. The first-order valence-electron chi connectivity index (χ1n) is 6.81. The predicted octanol–water partition coefficient (Wildman–Crippen LogP) is 1.63. The quantitative estimate of drug-likeness (QED) is 0.786. The lowest BCUT2D eigenvalue weighted by atomic mass is 10.1. The van der Waals surface area contributed by atoms with E-state index in [1.54, 1.807) is 30.5 Å². The summed E-state index contributed by atoms with van der Waals surface area (Å²) in [5.41, 5.74) is 1.60. The molecule has 0 saturated carbocycles. The molecule has 6 nitrogen and oxygen atoms in total. The van der Waals surface area contributed by atoms with Gasteiger partial charge in [-0.2, -0.15) is 5.26 Å². The fourth-order valence-corrected chi connectivity index (χ4v) is 2.75. The number of benzene rings is 1. The van der Waals surface area contributed by atoms with Crippen molar-refractivity contribution in [1.29, 1.82) is 5.26 Å². The molecule has 2 aromatic rings. The number of hydrogen-bond acceptors (Lipinski definition) is 5. The van der Waals surface area contributed by atoms with Gasteiger partial charge in [-0.15, -0.1) is 0 Å². The number of amides is 1. The maximum absolute atomic E-state index is 12.2. The molecule has 0 radical (unpaired) electrons. The molecule has 6 heteroatoms. The second-order valence-electron chi connectivity index (χ2n) is 5.07. The third kappa shape index (κ3) is 2.17. The van der Waals surface area contributed by atoms with Crippen LogP contribution in [0.1, 0.15) is 12.0 Å². The number of anilines is 1. The maximum Gasteiger partial charge on any atom is 0.311 e. The van der Waals surface area contributed by atoms with E-state index >= 15 is 0 Å². The van der Waals surface area contributed by atoms with Gasteiger partial charge < -0.3 is 9.64 Å². The van der Waals surface area contributed by atoms with Crippen molar-refractivity contribution in [1.82, 2.24) is 4.98 Å². The molecule has 2 heterocycles. The van der Waals surface area contributed by atoms with Crippen LogP contribution >= 0.6 is 0 Å². The number of esters is 1. The standard InChI is InChI=1S/C16H13N3O3/c1-22-16(21)10-7-15(20)19(9-10)14-5-4-13-11(12(14)8-17)3-2-6-18-13/h2-6,10H,7,9H2,1H3. The number of carbonyl (C=O) groups is 2. The van der Waals surface area contributed by atoms with Gasteiger partial charge in [0, 0.05) is 24.5 Å². The van der Waals surface area contributed by atoms with Gasteiger partial charge in [0.25, 0.3) is 0 Å². The predicted molar refractivity (Wildman–Crippen MR) is 78.9 cm³/mol. The molecule has 1 atom stereocenters. The Kier molecular flexibility index (Phi) is 3.47. The minimum Gasteiger partial charge on any atom is -0.469 e. The van der Waals surface area contributed by atoms with Crippen LogP contribution in [0.4, 0.5) is 5.69 Å². The molecule has 0 spiro atoms. The van der Waals surface area contributed by atoms with Crippen molar-refractivity contribution < 1.29 is 14.3 Å². The molecule has 22 heavy (non-hydrogen) atoms. The van der Waals surface area contributed by atoms with Crippen molar-refractivity contribution in [2.75, 3.05) is 18.6 Å². The highest BCUT2D eigenvalue weighted by Gasteiger charge is 2.36. The summed E-state index contributed by atoms with van der Waals surface area (Å²) in [6.45, 7) is 0.228. The Morgan fingerprint density at radius 3 is 3.00 bits per heavy atom. The maximum atomic E-state index is 12.2. The van der Waals surface area contributed by atoms with Gasteiger partial charge in [0.1, 0.15) is 6.07 Å². The zero-order chi connectivity index (χ0) is 15.7. The molecule has 0 N–H and O–H groups in total. The van der Waals surface area contributed by atoms with E-state index in [9.17, 15) is 14.9 Å². The summed E-state index contributed by atoms with van der Waals surface area (Å²) in [6.07, 6.45) is 1.75. The summed E-state index contributed by atoms with van der Waals surface area (Å²) < 4.78 is 4.70. The highest BCUT2D eigenvalue weighted by Crippen LogP contribution is 2.32. The van der Waals surface area contributed by atoms with Crippen LogP contribution in [0.3, 0.4) is 0 Å². The van der Waals surface area contributed by atoms with E-state index in [1.807, 2.05) is 0 Å².